The second kappa shape index (κ2) is 7.49. The zero-order valence-corrected chi connectivity index (χ0v) is 11.8. The molecular formula is C13H15ClN4O2. The molecule has 0 radical (unpaired) electrons. The SMILES string of the molecule is CCOc1cc(NCCOc2ncccc2Cl)ncn1. The molecule has 2 aromatic rings. The zero-order chi connectivity index (χ0) is 14.2. The largest absolute Gasteiger partial charge is 0.478 e. The first-order valence-corrected chi connectivity index (χ1v) is 6.59. The molecule has 0 spiro atoms. The molecule has 2 rings (SSSR count). The molecule has 20 heavy (non-hydrogen) atoms. The number of aromatic nitrogens is 3. The molecule has 106 valence electrons. The Balaban J connectivity index is 1.78. The Morgan fingerprint density at radius 3 is 2.95 bits per heavy atom. The van der Waals surface area contributed by atoms with Crippen LogP contribution >= 0.6 is 11.6 Å². The van der Waals surface area contributed by atoms with Crippen LogP contribution in [0.15, 0.2) is 30.7 Å². The molecule has 0 aliphatic carbocycles. The van der Waals surface area contributed by atoms with Gasteiger partial charge in [0.05, 0.1) is 13.2 Å². The van der Waals surface area contributed by atoms with E-state index in [2.05, 4.69) is 20.3 Å². The lowest BCUT2D eigenvalue weighted by Gasteiger charge is -2.09. The summed E-state index contributed by atoms with van der Waals surface area (Å²) in [6, 6.07) is 5.22. The van der Waals surface area contributed by atoms with Crippen molar-refractivity contribution in [3.63, 3.8) is 0 Å². The molecule has 7 heteroatoms. The van der Waals surface area contributed by atoms with Gasteiger partial charge in [-0.15, -0.1) is 0 Å². The van der Waals surface area contributed by atoms with Crippen molar-refractivity contribution < 1.29 is 9.47 Å². The van der Waals surface area contributed by atoms with E-state index in [0.29, 0.717) is 42.4 Å². The summed E-state index contributed by atoms with van der Waals surface area (Å²) in [6.45, 7) is 3.46. The number of halogens is 1. The summed E-state index contributed by atoms with van der Waals surface area (Å²) in [6.07, 6.45) is 3.08. The van der Waals surface area contributed by atoms with Crippen molar-refractivity contribution in [1.82, 2.24) is 15.0 Å². The lowest BCUT2D eigenvalue weighted by atomic mass is 10.5. The van der Waals surface area contributed by atoms with Gasteiger partial charge >= 0.3 is 0 Å². The number of ether oxygens (including phenoxy) is 2. The second-order valence-electron chi connectivity index (χ2n) is 3.74. The Bertz CT molecular complexity index is 553. The first kappa shape index (κ1) is 14.3. The van der Waals surface area contributed by atoms with Crippen LogP contribution in [0.2, 0.25) is 5.02 Å². The second-order valence-corrected chi connectivity index (χ2v) is 4.15. The Kier molecular flexibility index (Phi) is 5.37. The van der Waals surface area contributed by atoms with E-state index >= 15 is 0 Å². The van der Waals surface area contributed by atoms with Gasteiger partial charge in [0.1, 0.15) is 23.8 Å². The van der Waals surface area contributed by atoms with Gasteiger partial charge in [0.2, 0.25) is 11.8 Å². The lowest BCUT2D eigenvalue weighted by molar-refractivity contribution is 0.319. The minimum absolute atomic E-state index is 0.421. The van der Waals surface area contributed by atoms with E-state index in [1.807, 2.05) is 6.92 Å². The number of nitrogens with one attached hydrogen (secondary N) is 1. The van der Waals surface area contributed by atoms with Crippen LogP contribution in [0.4, 0.5) is 5.82 Å². The minimum Gasteiger partial charge on any atom is -0.478 e. The van der Waals surface area contributed by atoms with Crippen molar-refractivity contribution in [2.75, 3.05) is 25.1 Å². The normalized spacial score (nSPS) is 10.1. The maximum Gasteiger partial charge on any atom is 0.232 e. The van der Waals surface area contributed by atoms with Crippen molar-refractivity contribution in [1.29, 1.82) is 0 Å². The molecule has 0 aliphatic rings. The van der Waals surface area contributed by atoms with Gasteiger partial charge in [-0.05, 0) is 19.1 Å². The highest BCUT2D eigenvalue weighted by atomic mass is 35.5. The highest BCUT2D eigenvalue weighted by Gasteiger charge is 2.02. The monoisotopic (exact) mass is 294 g/mol. The van der Waals surface area contributed by atoms with Gasteiger partial charge in [0.15, 0.2) is 0 Å². The van der Waals surface area contributed by atoms with E-state index in [4.69, 9.17) is 21.1 Å². The first-order chi connectivity index (χ1) is 9.79. The van der Waals surface area contributed by atoms with Crippen molar-refractivity contribution in [2.45, 2.75) is 6.92 Å². The van der Waals surface area contributed by atoms with Crippen LogP contribution in [0.25, 0.3) is 0 Å². The summed E-state index contributed by atoms with van der Waals surface area (Å²) in [5.74, 6) is 1.64. The number of hydrogen-bond acceptors (Lipinski definition) is 6. The van der Waals surface area contributed by atoms with Crippen LogP contribution in [-0.2, 0) is 0 Å². The predicted octanol–water partition coefficient (Wildman–Crippen LogP) is 2.41. The summed E-state index contributed by atoms with van der Waals surface area (Å²) in [5, 5.41) is 3.60. The number of nitrogens with zero attached hydrogens (tertiary/aromatic N) is 3. The van der Waals surface area contributed by atoms with Crippen LogP contribution in [0.3, 0.4) is 0 Å². The van der Waals surface area contributed by atoms with Gasteiger partial charge in [-0.3, -0.25) is 0 Å². The first-order valence-electron chi connectivity index (χ1n) is 6.21. The highest BCUT2D eigenvalue weighted by molar-refractivity contribution is 6.31. The molecule has 0 saturated heterocycles. The third-order valence-electron chi connectivity index (χ3n) is 2.31. The fourth-order valence-corrected chi connectivity index (χ4v) is 1.64. The third-order valence-corrected chi connectivity index (χ3v) is 2.59. The van der Waals surface area contributed by atoms with E-state index in [1.165, 1.54) is 6.33 Å². The molecule has 0 atom stereocenters. The van der Waals surface area contributed by atoms with E-state index in [-0.39, 0.29) is 0 Å². The molecule has 2 heterocycles. The quantitative estimate of drug-likeness (QED) is 0.791. The van der Waals surface area contributed by atoms with Crippen LogP contribution in [0, 0.1) is 0 Å². The summed E-state index contributed by atoms with van der Waals surface area (Å²) >= 11 is 5.93. The van der Waals surface area contributed by atoms with Crippen molar-refractivity contribution in [2.24, 2.45) is 0 Å². The number of anilines is 1. The van der Waals surface area contributed by atoms with Crippen LogP contribution in [-0.4, -0.2) is 34.7 Å². The van der Waals surface area contributed by atoms with Gasteiger partial charge < -0.3 is 14.8 Å². The molecule has 0 unspecified atom stereocenters. The minimum atomic E-state index is 0.421. The van der Waals surface area contributed by atoms with Crippen molar-refractivity contribution >= 4 is 17.4 Å². The van der Waals surface area contributed by atoms with Crippen molar-refractivity contribution in [3.05, 3.63) is 35.7 Å². The third kappa shape index (κ3) is 4.24. The summed E-state index contributed by atoms with van der Waals surface area (Å²) in [5.41, 5.74) is 0. The number of hydrogen-bond donors (Lipinski definition) is 1. The van der Waals surface area contributed by atoms with E-state index in [1.54, 1.807) is 24.4 Å². The average molecular weight is 295 g/mol. The van der Waals surface area contributed by atoms with Crippen LogP contribution < -0.4 is 14.8 Å². The standard InChI is InChI=1S/C13H15ClN4O2/c1-2-19-12-8-11(17-9-18-12)15-6-7-20-13-10(14)4-3-5-16-13/h3-5,8-9H,2,6-7H2,1H3,(H,15,17,18). The van der Waals surface area contributed by atoms with Gasteiger partial charge in [-0.2, -0.15) is 0 Å². The van der Waals surface area contributed by atoms with E-state index in [0.717, 1.165) is 0 Å². The molecule has 1 N–H and O–H groups in total. The van der Waals surface area contributed by atoms with E-state index in [9.17, 15) is 0 Å². The Hall–Kier alpha value is -2.08. The zero-order valence-electron chi connectivity index (χ0n) is 11.0. The van der Waals surface area contributed by atoms with Crippen LogP contribution in [0.5, 0.6) is 11.8 Å². The molecule has 6 nitrogen and oxygen atoms in total. The van der Waals surface area contributed by atoms with Gasteiger partial charge in [-0.1, -0.05) is 11.6 Å². The Labute approximate surface area is 122 Å². The molecule has 0 amide bonds. The van der Waals surface area contributed by atoms with Gasteiger partial charge in [0.25, 0.3) is 0 Å². The summed E-state index contributed by atoms with van der Waals surface area (Å²) in [4.78, 5) is 12.1. The lowest BCUT2D eigenvalue weighted by Crippen LogP contribution is -2.13. The summed E-state index contributed by atoms with van der Waals surface area (Å²) in [7, 11) is 0. The maximum atomic E-state index is 5.93. The van der Waals surface area contributed by atoms with Crippen LogP contribution in [0.1, 0.15) is 6.92 Å². The number of pyridine rings is 1. The van der Waals surface area contributed by atoms with Crippen molar-refractivity contribution in [3.8, 4) is 11.8 Å². The van der Waals surface area contributed by atoms with Gasteiger partial charge in [-0.25, -0.2) is 15.0 Å². The molecule has 0 fully saturated rings. The molecule has 0 bridgehead atoms. The fourth-order valence-electron chi connectivity index (χ4n) is 1.47. The molecule has 0 aliphatic heterocycles. The molecular weight excluding hydrogens is 280 g/mol. The predicted molar refractivity (Wildman–Crippen MR) is 76.4 cm³/mol. The molecule has 0 aromatic carbocycles. The Morgan fingerprint density at radius 1 is 1.25 bits per heavy atom. The van der Waals surface area contributed by atoms with E-state index < -0.39 is 0 Å². The van der Waals surface area contributed by atoms with Gasteiger partial charge in [0, 0.05) is 12.3 Å². The smallest absolute Gasteiger partial charge is 0.232 e. The average Bonchev–Trinajstić information content (AvgIpc) is 2.46. The molecule has 0 saturated carbocycles. The summed E-state index contributed by atoms with van der Waals surface area (Å²) < 4.78 is 10.7. The maximum absolute atomic E-state index is 5.93. The number of rotatable bonds is 7. The molecule has 2 aromatic heterocycles. The topological polar surface area (TPSA) is 69.2 Å². The fraction of sp³-hybridized carbons (Fsp3) is 0.308. The Morgan fingerprint density at radius 2 is 2.15 bits per heavy atom. The highest BCUT2D eigenvalue weighted by Crippen LogP contribution is 2.19.